The van der Waals surface area contributed by atoms with E-state index >= 15 is 0 Å². The van der Waals surface area contributed by atoms with Crippen LogP contribution in [-0.4, -0.2) is 10.2 Å². The van der Waals surface area contributed by atoms with Crippen molar-refractivity contribution in [3.05, 3.63) is 54.1 Å². The third-order valence-corrected chi connectivity index (χ3v) is 4.10. The van der Waals surface area contributed by atoms with Gasteiger partial charge >= 0.3 is 29.6 Å². The van der Waals surface area contributed by atoms with E-state index in [4.69, 9.17) is 5.73 Å². The van der Waals surface area contributed by atoms with Crippen molar-refractivity contribution in [2.45, 2.75) is 16.2 Å². The summed E-state index contributed by atoms with van der Waals surface area (Å²) in [7, 11) is -1.42. The first-order chi connectivity index (χ1) is 9.09. The van der Waals surface area contributed by atoms with Crippen molar-refractivity contribution in [1.29, 1.82) is 0 Å². The first-order valence-electron chi connectivity index (χ1n) is 5.63. The number of nitrogens with two attached hydrogens (primary N) is 1. The third kappa shape index (κ3) is 3.93. The molecule has 2 aromatic rings. The minimum Gasteiger partial charge on any atom is -0.550 e. The first kappa shape index (κ1) is 16.9. The molecule has 6 heteroatoms. The van der Waals surface area contributed by atoms with Crippen LogP contribution in [0.5, 0.6) is 0 Å². The van der Waals surface area contributed by atoms with Gasteiger partial charge in [-0.15, -0.1) is 0 Å². The number of rotatable bonds is 4. The molecule has 0 heterocycles. The average Bonchev–Trinajstić information content (AvgIpc) is 2.41. The van der Waals surface area contributed by atoms with Gasteiger partial charge in [-0.1, -0.05) is 30.3 Å². The monoisotopic (exact) mass is 297 g/mol. The number of nitrogen functional groups attached to an aromatic ring is 1. The molecule has 0 saturated carbocycles. The van der Waals surface area contributed by atoms with Crippen LogP contribution in [0.25, 0.3) is 0 Å². The Labute approximate surface area is 141 Å². The minimum atomic E-state index is -1.42. The third-order valence-electron chi connectivity index (χ3n) is 2.65. The number of para-hydroxylation sites is 1. The first-order valence-corrected chi connectivity index (χ1v) is 6.78. The number of carboxylic acids is 1. The fourth-order valence-corrected chi connectivity index (χ4v) is 2.92. The zero-order valence-electron chi connectivity index (χ0n) is 11.0. The van der Waals surface area contributed by atoms with Crippen molar-refractivity contribution in [1.82, 2.24) is 0 Å². The Hall–Kier alpha value is -1.14. The molecule has 0 spiro atoms. The summed E-state index contributed by atoms with van der Waals surface area (Å²) in [5, 5.41) is 10.6. The van der Waals surface area contributed by atoms with Crippen LogP contribution in [0.15, 0.2) is 58.3 Å². The van der Waals surface area contributed by atoms with Crippen LogP contribution in [-0.2, 0) is 22.0 Å². The Morgan fingerprint density at radius 2 is 1.75 bits per heavy atom. The Kier molecular flexibility index (Phi) is 6.42. The van der Waals surface area contributed by atoms with Crippen LogP contribution in [0.1, 0.15) is 5.56 Å². The molecule has 0 amide bonds. The van der Waals surface area contributed by atoms with Gasteiger partial charge in [0.25, 0.3) is 0 Å². The number of carbonyl (C=O) groups is 1. The summed E-state index contributed by atoms with van der Waals surface area (Å²) in [4.78, 5) is 11.7. The van der Waals surface area contributed by atoms with Crippen molar-refractivity contribution >= 4 is 22.5 Å². The van der Waals surface area contributed by atoms with Gasteiger partial charge in [-0.3, -0.25) is 0 Å². The van der Waals surface area contributed by atoms with E-state index in [1.54, 1.807) is 42.5 Å². The molecular weight excluding hydrogens is 285 g/mol. The van der Waals surface area contributed by atoms with Gasteiger partial charge in [-0.25, -0.2) is 4.21 Å². The molecule has 0 radical (unpaired) electrons. The van der Waals surface area contributed by atoms with Crippen LogP contribution in [0.3, 0.4) is 0 Å². The second-order valence-corrected chi connectivity index (χ2v) is 5.41. The summed E-state index contributed by atoms with van der Waals surface area (Å²) in [5.74, 6) is -1.21. The fraction of sp³-hybridized carbons (Fsp3) is 0.0714. The van der Waals surface area contributed by atoms with E-state index in [9.17, 15) is 14.1 Å². The van der Waals surface area contributed by atoms with E-state index in [1.165, 1.54) is 0 Å². The van der Waals surface area contributed by atoms with Crippen LogP contribution >= 0.6 is 0 Å². The average molecular weight is 297 g/mol. The second kappa shape index (κ2) is 7.59. The van der Waals surface area contributed by atoms with Gasteiger partial charge in [0, 0.05) is 17.3 Å². The molecule has 0 bridgehead atoms. The van der Waals surface area contributed by atoms with Gasteiger partial charge in [-0.05, 0) is 23.8 Å². The molecule has 0 aromatic heterocycles. The molecule has 0 aliphatic carbocycles. The number of hydrogen-bond acceptors (Lipinski definition) is 4. The Morgan fingerprint density at radius 3 is 2.35 bits per heavy atom. The maximum absolute atomic E-state index is 12.4. The molecular formula is C14H12NNaO3S. The van der Waals surface area contributed by atoms with Gasteiger partial charge < -0.3 is 15.6 Å². The van der Waals surface area contributed by atoms with Gasteiger partial charge in [0.2, 0.25) is 0 Å². The minimum absolute atomic E-state index is 0. The summed E-state index contributed by atoms with van der Waals surface area (Å²) >= 11 is 0. The number of benzene rings is 2. The fourth-order valence-electron chi connectivity index (χ4n) is 1.73. The molecule has 0 aliphatic rings. The molecule has 0 saturated heterocycles. The molecule has 20 heavy (non-hydrogen) atoms. The van der Waals surface area contributed by atoms with Gasteiger partial charge in [0.05, 0.1) is 21.4 Å². The van der Waals surface area contributed by atoms with E-state index in [0.29, 0.717) is 15.4 Å². The van der Waals surface area contributed by atoms with Gasteiger partial charge in [0.1, 0.15) is 0 Å². The molecule has 98 valence electrons. The van der Waals surface area contributed by atoms with E-state index in [-0.39, 0.29) is 41.7 Å². The quantitative estimate of drug-likeness (QED) is 0.510. The topological polar surface area (TPSA) is 83.2 Å². The summed E-state index contributed by atoms with van der Waals surface area (Å²) in [6.07, 6.45) is -0.286. The maximum Gasteiger partial charge on any atom is 1.00 e. The summed E-state index contributed by atoms with van der Waals surface area (Å²) in [5.41, 5.74) is 6.55. The van der Waals surface area contributed by atoms with Gasteiger partial charge in [0.15, 0.2) is 0 Å². The van der Waals surface area contributed by atoms with Crippen LogP contribution in [0, 0.1) is 0 Å². The number of hydrogen-bond donors (Lipinski definition) is 1. The molecule has 1 atom stereocenters. The molecule has 2 aromatic carbocycles. The molecule has 1 unspecified atom stereocenters. The zero-order valence-corrected chi connectivity index (χ0v) is 13.9. The molecule has 4 nitrogen and oxygen atoms in total. The second-order valence-electron chi connectivity index (χ2n) is 3.96. The summed E-state index contributed by atoms with van der Waals surface area (Å²) in [6.45, 7) is 0. The molecule has 2 N–H and O–H groups in total. The number of aliphatic carboxylic acids is 1. The van der Waals surface area contributed by atoms with E-state index in [0.717, 1.165) is 0 Å². The standard InChI is InChI=1S/C14H13NO3S.Na/c15-14-10(9-13(16)17)5-4-8-12(14)19(18)11-6-2-1-3-7-11;/h1-8H,9,15H2,(H,16,17);/q;+1/p-1. The van der Waals surface area contributed by atoms with Crippen molar-refractivity contribution in [3.8, 4) is 0 Å². The van der Waals surface area contributed by atoms with Crippen LogP contribution in [0.2, 0.25) is 0 Å². The predicted molar refractivity (Wildman–Crippen MR) is 70.7 cm³/mol. The Balaban J connectivity index is 0.00000200. The summed E-state index contributed by atoms with van der Waals surface area (Å²) < 4.78 is 12.4. The summed E-state index contributed by atoms with van der Waals surface area (Å²) in [6, 6.07) is 13.8. The SMILES string of the molecule is Nc1c(CC(=O)[O-])cccc1S(=O)c1ccccc1.[Na+]. The number of carbonyl (C=O) groups excluding carboxylic acids is 1. The van der Waals surface area contributed by atoms with Crippen LogP contribution in [0.4, 0.5) is 5.69 Å². The number of carboxylic acid groups (broad SMARTS) is 1. The molecule has 0 aliphatic heterocycles. The van der Waals surface area contributed by atoms with Crippen LogP contribution < -0.4 is 40.4 Å². The smallest absolute Gasteiger partial charge is 0.550 e. The largest absolute Gasteiger partial charge is 1.00 e. The molecule has 0 fully saturated rings. The maximum atomic E-state index is 12.4. The molecule has 2 rings (SSSR count). The van der Waals surface area contributed by atoms with Gasteiger partial charge in [-0.2, -0.15) is 0 Å². The Bertz CT molecular complexity index is 632. The zero-order chi connectivity index (χ0) is 13.8. The van der Waals surface area contributed by atoms with E-state index in [1.807, 2.05) is 6.07 Å². The predicted octanol–water partition coefficient (Wildman–Crippen LogP) is -2.27. The normalized spacial score (nSPS) is 11.4. The van der Waals surface area contributed by atoms with Crippen molar-refractivity contribution in [2.24, 2.45) is 0 Å². The van der Waals surface area contributed by atoms with Crippen molar-refractivity contribution in [2.75, 3.05) is 5.73 Å². The number of anilines is 1. The van der Waals surface area contributed by atoms with Crippen molar-refractivity contribution in [3.63, 3.8) is 0 Å². The Morgan fingerprint density at radius 1 is 1.10 bits per heavy atom. The van der Waals surface area contributed by atoms with Crippen molar-refractivity contribution < 1.29 is 43.7 Å². The van der Waals surface area contributed by atoms with E-state index < -0.39 is 16.8 Å². The van der Waals surface area contributed by atoms with E-state index in [2.05, 4.69) is 0 Å².